The minimum atomic E-state index is -0.893. The summed E-state index contributed by atoms with van der Waals surface area (Å²) in [5.74, 6) is 0.818. The molecule has 0 aliphatic carbocycles. The van der Waals surface area contributed by atoms with Crippen LogP contribution in [0.2, 0.25) is 0 Å². The van der Waals surface area contributed by atoms with Gasteiger partial charge < -0.3 is 28.6 Å². The topological polar surface area (TPSA) is 98.4 Å². The first-order valence-corrected chi connectivity index (χ1v) is 14.7. The standard InChI is InChI=1S/C36H37NO7/c1-23(2)16-18-43-30-15-12-27(20-31(30)41-4)33-32(35(39)36(40)37(33)21-29-9-6-17-42-29)34(38)26-10-13-28(14-11-26)44-22-25-8-5-7-24(3)19-25/h5-15,17,19-20,23,33,38H,16,18,21-22H2,1-4H3/b34-32+. The Balaban J connectivity index is 1.48. The zero-order valence-corrected chi connectivity index (χ0v) is 25.4. The van der Waals surface area contributed by atoms with E-state index in [1.165, 1.54) is 18.3 Å². The summed E-state index contributed by atoms with van der Waals surface area (Å²) in [6.07, 6.45) is 2.39. The second kappa shape index (κ2) is 13.5. The quantitative estimate of drug-likeness (QED) is 0.105. The number of rotatable bonds is 12. The molecule has 1 aromatic heterocycles. The molecule has 0 bridgehead atoms. The lowest BCUT2D eigenvalue weighted by Crippen LogP contribution is -2.29. The molecule has 0 saturated carbocycles. The number of likely N-dealkylation sites (tertiary alicyclic amines) is 1. The highest BCUT2D eigenvalue weighted by atomic mass is 16.5. The SMILES string of the molecule is COc1cc(C2/C(=C(\O)c3ccc(OCc4cccc(C)c4)cc3)C(=O)C(=O)N2Cc2ccco2)ccc1OCCC(C)C. The van der Waals surface area contributed by atoms with Crippen molar-refractivity contribution in [1.29, 1.82) is 0 Å². The van der Waals surface area contributed by atoms with Crippen LogP contribution in [0.25, 0.3) is 5.76 Å². The molecule has 3 aromatic carbocycles. The van der Waals surface area contributed by atoms with E-state index in [1.807, 2.05) is 25.1 Å². The molecule has 1 saturated heterocycles. The number of amides is 1. The molecule has 228 valence electrons. The molecule has 1 N–H and O–H groups in total. The third-order valence-electron chi connectivity index (χ3n) is 7.52. The Morgan fingerprint density at radius 2 is 1.75 bits per heavy atom. The van der Waals surface area contributed by atoms with Gasteiger partial charge in [-0.3, -0.25) is 9.59 Å². The van der Waals surface area contributed by atoms with Gasteiger partial charge in [-0.1, -0.05) is 49.7 Å². The van der Waals surface area contributed by atoms with Crippen LogP contribution in [-0.4, -0.2) is 35.4 Å². The minimum absolute atomic E-state index is 0.0227. The van der Waals surface area contributed by atoms with E-state index in [1.54, 1.807) is 54.6 Å². The highest BCUT2D eigenvalue weighted by molar-refractivity contribution is 6.46. The zero-order valence-electron chi connectivity index (χ0n) is 25.4. The molecule has 8 heteroatoms. The number of nitrogens with zero attached hydrogens (tertiary/aromatic N) is 1. The van der Waals surface area contributed by atoms with Crippen LogP contribution in [0.15, 0.2) is 95.1 Å². The van der Waals surface area contributed by atoms with E-state index in [-0.39, 0.29) is 17.9 Å². The second-order valence-electron chi connectivity index (χ2n) is 11.2. The van der Waals surface area contributed by atoms with Crippen LogP contribution < -0.4 is 14.2 Å². The normalized spacial score (nSPS) is 16.0. The smallest absolute Gasteiger partial charge is 0.296 e. The first-order chi connectivity index (χ1) is 21.2. The van der Waals surface area contributed by atoms with Gasteiger partial charge in [-0.2, -0.15) is 0 Å². The maximum atomic E-state index is 13.5. The molecule has 1 aliphatic rings. The number of aryl methyl sites for hydroxylation is 1. The molecule has 0 spiro atoms. The fourth-order valence-electron chi connectivity index (χ4n) is 5.17. The average Bonchev–Trinajstić information content (AvgIpc) is 3.62. The Bertz CT molecular complexity index is 1640. The summed E-state index contributed by atoms with van der Waals surface area (Å²) in [6, 6.07) is 22.7. The highest BCUT2D eigenvalue weighted by Crippen LogP contribution is 2.43. The molecule has 1 atom stereocenters. The molecule has 2 heterocycles. The van der Waals surface area contributed by atoms with E-state index >= 15 is 0 Å². The summed E-state index contributed by atoms with van der Waals surface area (Å²) < 4.78 is 23.0. The summed E-state index contributed by atoms with van der Waals surface area (Å²) in [5.41, 5.74) is 3.14. The number of ether oxygens (including phenoxy) is 3. The second-order valence-corrected chi connectivity index (χ2v) is 11.2. The van der Waals surface area contributed by atoms with Crippen molar-refractivity contribution in [3.63, 3.8) is 0 Å². The van der Waals surface area contributed by atoms with Crippen molar-refractivity contribution in [2.24, 2.45) is 5.92 Å². The van der Waals surface area contributed by atoms with Crippen LogP contribution in [-0.2, 0) is 22.7 Å². The van der Waals surface area contributed by atoms with E-state index in [4.69, 9.17) is 18.6 Å². The van der Waals surface area contributed by atoms with Gasteiger partial charge in [-0.15, -0.1) is 0 Å². The van der Waals surface area contributed by atoms with E-state index < -0.39 is 17.7 Å². The molecule has 0 radical (unpaired) electrons. The lowest BCUT2D eigenvalue weighted by atomic mass is 9.95. The zero-order chi connectivity index (χ0) is 31.2. The van der Waals surface area contributed by atoms with Gasteiger partial charge in [-0.05, 0) is 78.9 Å². The first kappa shape index (κ1) is 30.5. The number of carbonyl (C=O) groups excluding carboxylic acids is 2. The van der Waals surface area contributed by atoms with Crippen molar-refractivity contribution in [1.82, 2.24) is 4.90 Å². The molecule has 1 unspecified atom stereocenters. The van der Waals surface area contributed by atoms with Gasteiger partial charge in [0, 0.05) is 5.56 Å². The van der Waals surface area contributed by atoms with Gasteiger partial charge in [0.15, 0.2) is 11.5 Å². The number of aliphatic hydroxyl groups is 1. The van der Waals surface area contributed by atoms with Gasteiger partial charge in [0.05, 0.1) is 38.1 Å². The number of Topliss-reactive ketones (excluding diaryl/α,β-unsaturated/α-hetero) is 1. The number of hydrogen-bond donors (Lipinski definition) is 1. The summed E-state index contributed by atoms with van der Waals surface area (Å²) >= 11 is 0. The van der Waals surface area contributed by atoms with Gasteiger partial charge in [0.25, 0.3) is 11.7 Å². The number of carbonyl (C=O) groups is 2. The van der Waals surface area contributed by atoms with Crippen LogP contribution in [0.3, 0.4) is 0 Å². The van der Waals surface area contributed by atoms with Gasteiger partial charge in [-0.25, -0.2) is 0 Å². The molecule has 1 aliphatic heterocycles. The Morgan fingerprint density at radius 3 is 2.43 bits per heavy atom. The predicted molar refractivity (Wildman–Crippen MR) is 166 cm³/mol. The van der Waals surface area contributed by atoms with Crippen LogP contribution in [0.4, 0.5) is 0 Å². The highest BCUT2D eigenvalue weighted by Gasteiger charge is 2.46. The number of methoxy groups -OCH3 is 1. The Labute approximate surface area is 257 Å². The van der Waals surface area contributed by atoms with Gasteiger partial charge >= 0.3 is 0 Å². The van der Waals surface area contributed by atoms with Crippen LogP contribution in [0, 0.1) is 12.8 Å². The van der Waals surface area contributed by atoms with E-state index in [0.717, 1.165) is 17.5 Å². The lowest BCUT2D eigenvalue weighted by Gasteiger charge is -2.25. The molecular weight excluding hydrogens is 558 g/mol. The Hall–Kier alpha value is -4.98. The largest absolute Gasteiger partial charge is 0.507 e. The molecule has 44 heavy (non-hydrogen) atoms. The van der Waals surface area contributed by atoms with Crippen LogP contribution in [0.5, 0.6) is 17.2 Å². The van der Waals surface area contributed by atoms with E-state index in [9.17, 15) is 14.7 Å². The summed E-state index contributed by atoms with van der Waals surface area (Å²) in [4.78, 5) is 28.3. The molecule has 4 aromatic rings. The molecule has 1 fully saturated rings. The summed E-state index contributed by atoms with van der Waals surface area (Å²) in [5, 5.41) is 11.5. The maximum Gasteiger partial charge on any atom is 0.296 e. The summed E-state index contributed by atoms with van der Waals surface area (Å²) in [7, 11) is 1.54. The van der Waals surface area contributed by atoms with Crippen LogP contribution >= 0.6 is 0 Å². The van der Waals surface area contributed by atoms with E-state index in [0.29, 0.717) is 53.3 Å². The van der Waals surface area contributed by atoms with Crippen LogP contribution in [0.1, 0.15) is 54.3 Å². The third-order valence-corrected chi connectivity index (χ3v) is 7.52. The summed E-state index contributed by atoms with van der Waals surface area (Å²) in [6.45, 7) is 7.23. The fraction of sp³-hybridized carbons (Fsp3) is 0.278. The van der Waals surface area contributed by atoms with Crippen molar-refractivity contribution < 1.29 is 33.3 Å². The lowest BCUT2D eigenvalue weighted by molar-refractivity contribution is -0.140. The minimum Gasteiger partial charge on any atom is -0.507 e. The molecule has 1 amide bonds. The molecule has 5 rings (SSSR count). The third kappa shape index (κ3) is 6.80. The van der Waals surface area contributed by atoms with Crippen molar-refractivity contribution in [2.75, 3.05) is 13.7 Å². The monoisotopic (exact) mass is 595 g/mol. The molecule has 8 nitrogen and oxygen atoms in total. The fourth-order valence-corrected chi connectivity index (χ4v) is 5.17. The molecular formula is C36H37NO7. The van der Waals surface area contributed by atoms with E-state index in [2.05, 4.69) is 19.9 Å². The van der Waals surface area contributed by atoms with Gasteiger partial charge in [0.2, 0.25) is 0 Å². The average molecular weight is 596 g/mol. The van der Waals surface area contributed by atoms with Crippen molar-refractivity contribution in [3.8, 4) is 17.2 Å². The van der Waals surface area contributed by atoms with Crippen molar-refractivity contribution >= 4 is 17.4 Å². The first-order valence-electron chi connectivity index (χ1n) is 14.7. The van der Waals surface area contributed by atoms with Crippen molar-refractivity contribution in [2.45, 2.75) is 46.4 Å². The predicted octanol–water partition coefficient (Wildman–Crippen LogP) is 7.22. The number of ketones is 1. The Kier molecular flexibility index (Phi) is 9.38. The number of aliphatic hydroxyl groups excluding tert-OH is 1. The Morgan fingerprint density at radius 1 is 0.955 bits per heavy atom. The number of benzene rings is 3. The number of furan rings is 1. The van der Waals surface area contributed by atoms with Crippen molar-refractivity contribution in [3.05, 3.63) is 119 Å². The maximum absolute atomic E-state index is 13.5. The van der Waals surface area contributed by atoms with Gasteiger partial charge in [0.1, 0.15) is 23.9 Å². The number of hydrogen-bond acceptors (Lipinski definition) is 7.